The monoisotopic (exact) mass is 343 g/mol. The molecule has 1 amide bonds. The van der Waals surface area contributed by atoms with Crippen LogP contribution < -0.4 is 5.56 Å². The minimum atomic E-state index is -0.136. The molecule has 6 heteroatoms. The van der Waals surface area contributed by atoms with Crippen LogP contribution in [0, 0.1) is 12.8 Å². The first-order valence-corrected chi connectivity index (χ1v) is 8.80. The van der Waals surface area contributed by atoms with Gasteiger partial charge in [0.15, 0.2) is 0 Å². The minimum Gasteiger partial charge on any atom is -0.383 e. The Morgan fingerprint density at radius 2 is 2.08 bits per heavy atom. The van der Waals surface area contributed by atoms with Crippen molar-refractivity contribution in [2.75, 3.05) is 26.8 Å². The second-order valence-electron chi connectivity index (χ2n) is 6.84. The van der Waals surface area contributed by atoms with Gasteiger partial charge in [0.1, 0.15) is 0 Å². The smallest absolute Gasteiger partial charge is 0.260 e. The molecule has 0 N–H and O–H groups in total. The number of pyridine rings is 2. The molecular weight excluding hydrogens is 318 g/mol. The van der Waals surface area contributed by atoms with Gasteiger partial charge >= 0.3 is 0 Å². The second kappa shape index (κ2) is 7.35. The molecular formula is C19H25N3O3. The number of carbonyl (C=O) groups is 1. The second-order valence-corrected chi connectivity index (χ2v) is 6.84. The molecule has 1 aliphatic rings. The molecule has 0 saturated carbocycles. The molecule has 2 aromatic heterocycles. The molecule has 0 radical (unpaired) electrons. The quantitative estimate of drug-likeness (QED) is 0.854. The van der Waals surface area contributed by atoms with E-state index < -0.39 is 0 Å². The van der Waals surface area contributed by atoms with Crippen LogP contribution in [-0.4, -0.2) is 47.2 Å². The normalized spacial score (nSPS) is 15.7. The lowest BCUT2D eigenvalue weighted by Gasteiger charge is -2.30. The number of fused-ring (bicyclic) bond motifs is 1. The van der Waals surface area contributed by atoms with Crippen LogP contribution in [0.25, 0.3) is 10.9 Å². The molecule has 134 valence electrons. The van der Waals surface area contributed by atoms with E-state index in [4.69, 9.17) is 4.74 Å². The Bertz CT molecular complexity index is 836. The summed E-state index contributed by atoms with van der Waals surface area (Å²) in [6.07, 6.45) is 3.77. The Kier molecular flexibility index (Phi) is 5.18. The van der Waals surface area contributed by atoms with Crippen molar-refractivity contribution in [1.82, 2.24) is 14.5 Å². The number of hydrogen-bond donors (Lipinski definition) is 0. The molecule has 0 unspecified atom stereocenters. The average molecular weight is 343 g/mol. The Balaban J connectivity index is 1.98. The van der Waals surface area contributed by atoms with Gasteiger partial charge in [-0.2, -0.15) is 0 Å². The summed E-state index contributed by atoms with van der Waals surface area (Å²) in [6.45, 7) is 6.52. The summed E-state index contributed by atoms with van der Waals surface area (Å²) in [5.74, 6) is 0.637. The van der Waals surface area contributed by atoms with Crippen LogP contribution in [0.2, 0.25) is 0 Å². The fourth-order valence-corrected chi connectivity index (χ4v) is 3.27. The highest BCUT2D eigenvalue weighted by Gasteiger charge is 2.23. The van der Waals surface area contributed by atoms with E-state index >= 15 is 0 Å². The van der Waals surface area contributed by atoms with Gasteiger partial charge in [0.2, 0.25) is 0 Å². The maximum absolute atomic E-state index is 12.9. The molecule has 1 fully saturated rings. The molecule has 0 atom stereocenters. The summed E-state index contributed by atoms with van der Waals surface area (Å²) < 4.78 is 6.64. The number of ether oxygens (including phenoxy) is 1. The van der Waals surface area contributed by atoms with Crippen LogP contribution in [-0.2, 0) is 11.3 Å². The summed E-state index contributed by atoms with van der Waals surface area (Å²) in [5, 5.41) is 0.484. The molecule has 0 bridgehead atoms. The number of aryl methyl sites for hydroxylation is 1. The van der Waals surface area contributed by atoms with Crippen molar-refractivity contribution in [1.29, 1.82) is 0 Å². The Morgan fingerprint density at radius 3 is 2.76 bits per heavy atom. The van der Waals surface area contributed by atoms with Crippen LogP contribution in [0.5, 0.6) is 0 Å². The summed E-state index contributed by atoms with van der Waals surface area (Å²) in [7, 11) is 1.60. The van der Waals surface area contributed by atoms with Gasteiger partial charge < -0.3 is 14.2 Å². The van der Waals surface area contributed by atoms with Crippen LogP contribution in [0.15, 0.2) is 23.1 Å². The standard InChI is InChI=1S/C19H25N3O3/c1-13-4-7-21(8-5-13)18(23)15-12-16-17(20-14(15)2)6-9-22(19(16)24)10-11-25-3/h6,9,12-13H,4-5,7-8,10-11H2,1-3H3. The molecule has 0 aliphatic carbocycles. The van der Waals surface area contributed by atoms with Crippen molar-refractivity contribution < 1.29 is 9.53 Å². The lowest BCUT2D eigenvalue weighted by atomic mass is 9.98. The zero-order valence-corrected chi connectivity index (χ0v) is 15.1. The van der Waals surface area contributed by atoms with Gasteiger partial charge in [0.25, 0.3) is 11.5 Å². The van der Waals surface area contributed by atoms with E-state index in [0.29, 0.717) is 41.2 Å². The van der Waals surface area contributed by atoms with E-state index in [0.717, 1.165) is 25.9 Å². The predicted molar refractivity (Wildman–Crippen MR) is 96.9 cm³/mol. The van der Waals surface area contributed by atoms with Crippen LogP contribution in [0.1, 0.15) is 35.8 Å². The molecule has 0 aromatic carbocycles. The first kappa shape index (κ1) is 17.6. The molecule has 3 heterocycles. The van der Waals surface area contributed by atoms with Crippen molar-refractivity contribution >= 4 is 16.8 Å². The highest BCUT2D eigenvalue weighted by Crippen LogP contribution is 2.20. The van der Waals surface area contributed by atoms with Crippen LogP contribution in [0.3, 0.4) is 0 Å². The van der Waals surface area contributed by atoms with E-state index in [1.807, 2.05) is 17.9 Å². The Morgan fingerprint density at radius 1 is 1.36 bits per heavy atom. The van der Waals surface area contributed by atoms with E-state index in [-0.39, 0.29) is 11.5 Å². The van der Waals surface area contributed by atoms with E-state index in [2.05, 4.69) is 11.9 Å². The highest BCUT2D eigenvalue weighted by atomic mass is 16.5. The van der Waals surface area contributed by atoms with Crippen LogP contribution >= 0.6 is 0 Å². The number of piperidine rings is 1. The number of hydrogen-bond acceptors (Lipinski definition) is 4. The lowest BCUT2D eigenvalue weighted by Crippen LogP contribution is -2.38. The number of aromatic nitrogens is 2. The zero-order valence-electron chi connectivity index (χ0n) is 15.1. The number of methoxy groups -OCH3 is 1. The molecule has 0 spiro atoms. The minimum absolute atomic E-state index is 0.0227. The first-order chi connectivity index (χ1) is 12.0. The van der Waals surface area contributed by atoms with Gasteiger partial charge in [0.05, 0.1) is 28.8 Å². The van der Waals surface area contributed by atoms with Crippen LogP contribution in [0.4, 0.5) is 0 Å². The first-order valence-electron chi connectivity index (χ1n) is 8.80. The SMILES string of the molecule is COCCn1ccc2nc(C)c(C(=O)N3CCC(C)CC3)cc2c1=O. The van der Waals surface area contributed by atoms with E-state index in [1.165, 1.54) is 0 Å². The summed E-state index contributed by atoms with van der Waals surface area (Å²) in [4.78, 5) is 32.0. The van der Waals surface area contributed by atoms with Gasteiger partial charge in [-0.15, -0.1) is 0 Å². The molecule has 6 nitrogen and oxygen atoms in total. The number of carbonyl (C=O) groups excluding carboxylic acids is 1. The van der Waals surface area contributed by atoms with Gasteiger partial charge in [-0.1, -0.05) is 6.92 Å². The molecule has 3 rings (SSSR count). The van der Waals surface area contributed by atoms with Gasteiger partial charge in [-0.3, -0.25) is 14.6 Å². The Labute approximate surface area is 147 Å². The third-order valence-electron chi connectivity index (χ3n) is 4.98. The largest absolute Gasteiger partial charge is 0.383 e. The maximum Gasteiger partial charge on any atom is 0.260 e. The summed E-state index contributed by atoms with van der Waals surface area (Å²) in [6, 6.07) is 3.53. The zero-order chi connectivity index (χ0) is 18.0. The number of likely N-dealkylation sites (tertiary alicyclic amines) is 1. The van der Waals surface area contributed by atoms with Gasteiger partial charge in [-0.05, 0) is 37.8 Å². The Hall–Kier alpha value is -2.21. The van der Waals surface area contributed by atoms with Crippen molar-refractivity contribution in [3.05, 3.63) is 39.9 Å². The molecule has 2 aromatic rings. The van der Waals surface area contributed by atoms with Crippen molar-refractivity contribution in [3.63, 3.8) is 0 Å². The van der Waals surface area contributed by atoms with Crippen molar-refractivity contribution in [2.45, 2.75) is 33.2 Å². The fraction of sp³-hybridized carbons (Fsp3) is 0.526. The third-order valence-corrected chi connectivity index (χ3v) is 4.98. The molecule has 1 aliphatic heterocycles. The van der Waals surface area contributed by atoms with E-state index in [1.54, 1.807) is 23.9 Å². The van der Waals surface area contributed by atoms with Gasteiger partial charge in [0, 0.05) is 32.9 Å². The van der Waals surface area contributed by atoms with Crippen molar-refractivity contribution in [2.24, 2.45) is 5.92 Å². The summed E-state index contributed by atoms with van der Waals surface area (Å²) >= 11 is 0. The molecule has 1 saturated heterocycles. The van der Waals surface area contributed by atoms with Crippen molar-refractivity contribution in [3.8, 4) is 0 Å². The predicted octanol–water partition coefficient (Wildman–Crippen LogP) is 2.22. The lowest BCUT2D eigenvalue weighted by molar-refractivity contribution is 0.0696. The number of rotatable bonds is 4. The van der Waals surface area contributed by atoms with Gasteiger partial charge in [-0.25, -0.2) is 0 Å². The molecule has 25 heavy (non-hydrogen) atoms. The third kappa shape index (κ3) is 3.58. The number of amides is 1. The fourth-order valence-electron chi connectivity index (χ4n) is 3.27. The highest BCUT2D eigenvalue weighted by molar-refractivity contribution is 5.98. The number of nitrogens with zero attached hydrogens (tertiary/aromatic N) is 3. The topological polar surface area (TPSA) is 64.4 Å². The summed E-state index contributed by atoms with van der Waals surface area (Å²) in [5.41, 5.74) is 1.69. The maximum atomic E-state index is 12.9. The average Bonchev–Trinajstić information content (AvgIpc) is 2.61. The van der Waals surface area contributed by atoms with E-state index in [9.17, 15) is 9.59 Å².